The second-order valence-corrected chi connectivity index (χ2v) is 8.63. The van der Waals surface area contributed by atoms with E-state index in [1.165, 1.54) is 51.4 Å². The van der Waals surface area contributed by atoms with Gasteiger partial charge in [-0.2, -0.15) is 0 Å². The van der Waals surface area contributed by atoms with Gasteiger partial charge in [0, 0.05) is 12.5 Å². The van der Waals surface area contributed by atoms with Gasteiger partial charge in [-0.1, -0.05) is 56.0 Å². The Labute approximate surface area is 159 Å². The van der Waals surface area contributed by atoms with E-state index in [0.717, 1.165) is 18.5 Å². The molecule has 0 N–H and O–H groups in total. The molecule has 0 amide bonds. The standard InChI is InChI=1S/C23H35NO2/c1-24(2)18-21-15-9-10-16-23(21,20-13-7-4-8-14-20)26-22(25)17-19-11-5-3-6-12-19/h3,5-6,11-12,20-21H,4,7-10,13-18H2,1-2H3. The van der Waals surface area contributed by atoms with Crippen molar-refractivity contribution in [2.75, 3.05) is 20.6 Å². The van der Waals surface area contributed by atoms with Crippen LogP contribution in [0.1, 0.15) is 63.4 Å². The Balaban J connectivity index is 1.80. The molecule has 2 saturated carbocycles. The minimum absolute atomic E-state index is 0.0348. The number of hydrogen-bond donors (Lipinski definition) is 0. The maximum absolute atomic E-state index is 12.9. The fourth-order valence-corrected chi connectivity index (χ4v) is 5.28. The van der Waals surface area contributed by atoms with Crippen molar-refractivity contribution in [3.8, 4) is 0 Å². The van der Waals surface area contributed by atoms with E-state index >= 15 is 0 Å². The van der Waals surface area contributed by atoms with Crippen molar-refractivity contribution in [2.45, 2.75) is 69.8 Å². The van der Waals surface area contributed by atoms with Crippen molar-refractivity contribution >= 4 is 5.97 Å². The molecule has 2 aliphatic carbocycles. The lowest BCUT2D eigenvalue weighted by molar-refractivity contribution is -0.185. The van der Waals surface area contributed by atoms with Crippen molar-refractivity contribution in [3.63, 3.8) is 0 Å². The van der Waals surface area contributed by atoms with Crippen LogP contribution in [0.5, 0.6) is 0 Å². The Morgan fingerprint density at radius 1 is 1.04 bits per heavy atom. The van der Waals surface area contributed by atoms with E-state index in [2.05, 4.69) is 19.0 Å². The zero-order chi connectivity index (χ0) is 18.4. The van der Waals surface area contributed by atoms with Gasteiger partial charge < -0.3 is 9.64 Å². The summed E-state index contributed by atoms with van der Waals surface area (Å²) < 4.78 is 6.47. The second kappa shape index (κ2) is 9.03. The van der Waals surface area contributed by atoms with E-state index in [1.807, 2.05) is 30.3 Å². The van der Waals surface area contributed by atoms with Crippen LogP contribution in [0.25, 0.3) is 0 Å². The Morgan fingerprint density at radius 2 is 1.73 bits per heavy atom. The zero-order valence-corrected chi connectivity index (χ0v) is 16.6. The molecule has 1 aromatic rings. The molecule has 3 rings (SSSR count). The average molecular weight is 358 g/mol. The van der Waals surface area contributed by atoms with Crippen LogP contribution < -0.4 is 0 Å². The third-order valence-electron chi connectivity index (χ3n) is 6.44. The Hall–Kier alpha value is -1.35. The SMILES string of the molecule is CN(C)CC1CCCCC1(OC(=O)Cc1ccccc1)C1CCCCC1. The number of carbonyl (C=O) groups is 1. The van der Waals surface area contributed by atoms with E-state index in [9.17, 15) is 4.79 Å². The highest BCUT2D eigenvalue weighted by molar-refractivity contribution is 5.73. The molecule has 2 fully saturated rings. The van der Waals surface area contributed by atoms with Crippen molar-refractivity contribution in [1.29, 1.82) is 0 Å². The van der Waals surface area contributed by atoms with Crippen LogP contribution >= 0.6 is 0 Å². The lowest BCUT2D eigenvalue weighted by atomic mass is 9.64. The smallest absolute Gasteiger partial charge is 0.310 e. The summed E-state index contributed by atoms with van der Waals surface area (Å²) in [6.07, 6.45) is 11.5. The van der Waals surface area contributed by atoms with Crippen LogP contribution in [0.3, 0.4) is 0 Å². The Bertz CT molecular complexity index is 565. The molecule has 3 heteroatoms. The fraction of sp³-hybridized carbons (Fsp3) is 0.696. The van der Waals surface area contributed by atoms with Crippen LogP contribution in [0.2, 0.25) is 0 Å². The fourth-order valence-electron chi connectivity index (χ4n) is 5.28. The molecule has 0 radical (unpaired) electrons. The zero-order valence-electron chi connectivity index (χ0n) is 16.6. The van der Waals surface area contributed by atoms with Crippen molar-refractivity contribution < 1.29 is 9.53 Å². The van der Waals surface area contributed by atoms with Gasteiger partial charge in [-0.05, 0) is 57.7 Å². The van der Waals surface area contributed by atoms with Crippen LogP contribution in [0.4, 0.5) is 0 Å². The van der Waals surface area contributed by atoms with Gasteiger partial charge in [0.25, 0.3) is 0 Å². The maximum Gasteiger partial charge on any atom is 0.310 e. The van der Waals surface area contributed by atoms with Gasteiger partial charge in [0.15, 0.2) is 0 Å². The molecular weight excluding hydrogens is 322 g/mol. The Kier molecular flexibility index (Phi) is 6.74. The monoisotopic (exact) mass is 357 g/mol. The predicted octanol–water partition coefficient (Wildman–Crippen LogP) is 4.84. The van der Waals surface area contributed by atoms with E-state index in [4.69, 9.17) is 4.74 Å². The number of esters is 1. The van der Waals surface area contributed by atoms with Gasteiger partial charge in [-0.15, -0.1) is 0 Å². The highest BCUT2D eigenvalue weighted by Gasteiger charge is 2.49. The summed E-state index contributed by atoms with van der Waals surface area (Å²) >= 11 is 0. The molecule has 144 valence electrons. The molecule has 2 atom stereocenters. The number of ether oxygens (including phenoxy) is 1. The third kappa shape index (κ3) is 4.68. The molecule has 0 aromatic heterocycles. The average Bonchev–Trinajstić information content (AvgIpc) is 2.64. The van der Waals surface area contributed by atoms with Gasteiger partial charge in [-0.25, -0.2) is 0 Å². The van der Waals surface area contributed by atoms with Gasteiger partial charge in [0.2, 0.25) is 0 Å². The van der Waals surface area contributed by atoms with E-state index in [1.54, 1.807) is 0 Å². The number of hydrogen-bond acceptors (Lipinski definition) is 3. The van der Waals surface area contributed by atoms with Gasteiger partial charge in [0.05, 0.1) is 6.42 Å². The number of benzene rings is 1. The normalized spacial score (nSPS) is 27.4. The number of carbonyl (C=O) groups excluding carboxylic acids is 1. The number of nitrogens with zero attached hydrogens (tertiary/aromatic N) is 1. The summed E-state index contributed by atoms with van der Waals surface area (Å²) in [5, 5.41) is 0. The quantitative estimate of drug-likeness (QED) is 0.682. The maximum atomic E-state index is 12.9. The first-order valence-electron chi connectivity index (χ1n) is 10.5. The first-order chi connectivity index (χ1) is 12.6. The van der Waals surface area contributed by atoms with Gasteiger partial charge in [-0.3, -0.25) is 4.79 Å². The largest absolute Gasteiger partial charge is 0.458 e. The molecule has 0 aliphatic heterocycles. The molecule has 3 nitrogen and oxygen atoms in total. The van der Waals surface area contributed by atoms with E-state index in [-0.39, 0.29) is 11.6 Å². The third-order valence-corrected chi connectivity index (χ3v) is 6.44. The molecule has 0 saturated heterocycles. The molecule has 26 heavy (non-hydrogen) atoms. The topological polar surface area (TPSA) is 29.5 Å². The summed E-state index contributed by atoms with van der Waals surface area (Å²) in [5.74, 6) is 0.975. The Morgan fingerprint density at radius 3 is 2.42 bits per heavy atom. The first-order valence-corrected chi connectivity index (χ1v) is 10.5. The molecule has 0 heterocycles. The number of rotatable bonds is 6. The van der Waals surface area contributed by atoms with Gasteiger partial charge in [0.1, 0.15) is 5.60 Å². The lowest BCUT2D eigenvalue weighted by Crippen LogP contribution is -2.54. The summed E-state index contributed by atoms with van der Waals surface area (Å²) in [7, 11) is 4.29. The highest BCUT2D eigenvalue weighted by Crippen LogP contribution is 2.47. The molecular formula is C23H35NO2. The summed E-state index contributed by atoms with van der Waals surface area (Å²) in [4.78, 5) is 15.2. The predicted molar refractivity (Wildman–Crippen MR) is 106 cm³/mol. The van der Waals surface area contributed by atoms with Gasteiger partial charge >= 0.3 is 5.97 Å². The van der Waals surface area contributed by atoms with Crippen LogP contribution in [0, 0.1) is 11.8 Å². The van der Waals surface area contributed by atoms with Crippen LogP contribution in [0.15, 0.2) is 30.3 Å². The van der Waals surface area contributed by atoms with Crippen LogP contribution in [-0.2, 0) is 16.0 Å². The first kappa shape index (κ1) is 19.4. The summed E-state index contributed by atoms with van der Waals surface area (Å²) in [6, 6.07) is 10.0. The van der Waals surface area contributed by atoms with Crippen molar-refractivity contribution in [2.24, 2.45) is 11.8 Å². The summed E-state index contributed by atoms with van der Waals surface area (Å²) in [6.45, 7) is 1.02. The molecule has 0 bridgehead atoms. The minimum Gasteiger partial charge on any atom is -0.458 e. The van der Waals surface area contributed by atoms with Crippen molar-refractivity contribution in [3.05, 3.63) is 35.9 Å². The highest BCUT2D eigenvalue weighted by atomic mass is 16.6. The second-order valence-electron chi connectivity index (χ2n) is 8.63. The van der Waals surface area contributed by atoms with Crippen molar-refractivity contribution in [1.82, 2.24) is 4.90 Å². The molecule has 2 aliphatic rings. The van der Waals surface area contributed by atoms with Crippen LogP contribution in [-0.4, -0.2) is 37.1 Å². The van der Waals surface area contributed by atoms with E-state index < -0.39 is 0 Å². The minimum atomic E-state index is -0.241. The lowest BCUT2D eigenvalue weighted by Gasteiger charge is -2.50. The molecule has 1 aromatic carbocycles. The van der Waals surface area contributed by atoms with E-state index in [0.29, 0.717) is 18.3 Å². The summed E-state index contributed by atoms with van der Waals surface area (Å²) in [5.41, 5.74) is 0.811. The molecule has 2 unspecified atom stereocenters. The molecule has 0 spiro atoms.